The van der Waals surface area contributed by atoms with E-state index in [9.17, 15) is 14.7 Å². The summed E-state index contributed by atoms with van der Waals surface area (Å²) in [7, 11) is 1.48. The van der Waals surface area contributed by atoms with Gasteiger partial charge in [-0.1, -0.05) is 42.5 Å². The minimum absolute atomic E-state index is 0.293. The van der Waals surface area contributed by atoms with Crippen LogP contribution in [0.3, 0.4) is 0 Å². The molecule has 5 heteroatoms. The van der Waals surface area contributed by atoms with Gasteiger partial charge in [0.15, 0.2) is 11.4 Å². The Hall–Kier alpha value is -2.92. The second-order valence-corrected chi connectivity index (χ2v) is 6.53. The summed E-state index contributed by atoms with van der Waals surface area (Å²) in [6, 6.07) is 13.8. The van der Waals surface area contributed by atoms with E-state index in [1.165, 1.54) is 12.0 Å². The van der Waals surface area contributed by atoms with Crippen molar-refractivity contribution in [2.75, 3.05) is 18.6 Å². The standard InChI is InChI=1S/C21H21NO4/c1-14(2)13-22-17-10-6-5-9-16(17)21(25,20(22)24)12-18(23)15-8-4-7-11-19(15)26-3/h4-11,25H,1,12-13H2,2-3H3/t21-/m0/s1. The summed E-state index contributed by atoms with van der Waals surface area (Å²) < 4.78 is 5.22. The average Bonchev–Trinajstić information content (AvgIpc) is 2.83. The van der Waals surface area contributed by atoms with E-state index in [1.54, 1.807) is 48.5 Å². The number of ether oxygens (including phenoxy) is 1. The number of ketones is 1. The molecule has 0 aromatic heterocycles. The van der Waals surface area contributed by atoms with Crippen LogP contribution in [0, 0.1) is 0 Å². The van der Waals surface area contributed by atoms with E-state index in [0.29, 0.717) is 29.1 Å². The first-order chi connectivity index (χ1) is 12.4. The quantitative estimate of drug-likeness (QED) is 0.642. The van der Waals surface area contributed by atoms with Gasteiger partial charge in [0.05, 0.1) is 24.8 Å². The van der Waals surface area contributed by atoms with Crippen LogP contribution >= 0.6 is 0 Å². The number of para-hydroxylation sites is 2. The molecule has 1 aliphatic rings. The highest BCUT2D eigenvalue weighted by Crippen LogP contribution is 2.43. The van der Waals surface area contributed by atoms with Crippen molar-refractivity contribution in [3.05, 3.63) is 71.8 Å². The van der Waals surface area contributed by atoms with Gasteiger partial charge in [0.25, 0.3) is 5.91 Å². The molecule has 0 saturated heterocycles. The molecule has 3 rings (SSSR count). The molecule has 1 N–H and O–H groups in total. The number of methoxy groups -OCH3 is 1. The minimum atomic E-state index is -1.90. The predicted octanol–water partition coefficient (Wildman–Crippen LogP) is 3.08. The van der Waals surface area contributed by atoms with E-state index in [1.807, 2.05) is 6.92 Å². The van der Waals surface area contributed by atoms with Gasteiger partial charge in [-0.3, -0.25) is 9.59 Å². The maximum Gasteiger partial charge on any atom is 0.264 e. The lowest BCUT2D eigenvalue weighted by Crippen LogP contribution is -2.42. The summed E-state index contributed by atoms with van der Waals surface area (Å²) >= 11 is 0. The van der Waals surface area contributed by atoms with E-state index in [2.05, 4.69) is 6.58 Å². The van der Waals surface area contributed by atoms with Crippen molar-refractivity contribution in [2.24, 2.45) is 0 Å². The van der Waals surface area contributed by atoms with Crippen molar-refractivity contribution in [2.45, 2.75) is 18.9 Å². The Balaban J connectivity index is 2.00. The van der Waals surface area contributed by atoms with Crippen molar-refractivity contribution in [1.29, 1.82) is 0 Å². The lowest BCUT2D eigenvalue weighted by Gasteiger charge is -2.23. The molecule has 134 valence electrons. The number of nitrogens with zero attached hydrogens (tertiary/aromatic N) is 1. The number of hydrogen-bond donors (Lipinski definition) is 1. The fourth-order valence-electron chi connectivity index (χ4n) is 3.31. The monoisotopic (exact) mass is 351 g/mol. The van der Waals surface area contributed by atoms with Crippen molar-refractivity contribution >= 4 is 17.4 Å². The maximum absolute atomic E-state index is 13.0. The lowest BCUT2D eigenvalue weighted by atomic mass is 9.88. The van der Waals surface area contributed by atoms with E-state index in [0.717, 1.165) is 5.57 Å². The number of carbonyl (C=O) groups excluding carboxylic acids is 2. The van der Waals surface area contributed by atoms with Gasteiger partial charge in [-0.2, -0.15) is 0 Å². The molecule has 0 fully saturated rings. The Bertz CT molecular complexity index is 889. The smallest absolute Gasteiger partial charge is 0.264 e. The molecule has 0 spiro atoms. The number of hydrogen-bond acceptors (Lipinski definition) is 4. The molecule has 0 aliphatic carbocycles. The minimum Gasteiger partial charge on any atom is -0.496 e. The topological polar surface area (TPSA) is 66.8 Å². The molecule has 1 amide bonds. The zero-order chi connectivity index (χ0) is 18.9. The zero-order valence-electron chi connectivity index (χ0n) is 14.9. The van der Waals surface area contributed by atoms with Gasteiger partial charge in [-0.05, 0) is 25.1 Å². The molecular formula is C21H21NO4. The van der Waals surface area contributed by atoms with Crippen LogP contribution in [0.15, 0.2) is 60.7 Å². The number of Topliss-reactive ketones (excluding diaryl/α,β-unsaturated/α-hetero) is 1. The van der Waals surface area contributed by atoms with Crippen LogP contribution < -0.4 is 9.64 Å². The highest BCUT2D eigenvalue weighted by molar-refractivity contribution is 6.11. The molecule has 26 heavy (non-hydrogen) atoms. The van der Waals surface area contributed by atoms with Crippen LogP contribution in [-0.4, -0.2) is 30.5 Å². The Morgan fingerprint density at radius 2 is 1.85 bits per heavy atom. The summed E-state index contributed by atoms with van der Waals surface area (Å²) in [5.41, 5.74) is 0.273. The van der Waals surface area contributed by atoms with Crippen LogP contribution in [-0.2, 0) is 10.4 Å². The number of fused-ring (bicyclic) bond motifs is 1. The van der Waals surface area contributed by atoms with Crippen LogP contribution in [0.4, 0.5) is 5.69 Å². The number of carbonyl (C=O) groups is 2. The SMILES string of the molecule is C=C(C)CN1C(=O)[C@](O)(CC(=O)c2ccccc2OC)c2ccccc21. The summed E-state index contributed by atoms with van der Waals surface area (Å²) in [6.45, 7) is 5.95. The zero-order valence-corrected chi connectivity index (χ0v) is 14.9. The molecule has 2 aromatic carbocycles. The second-order valence-electron chi connectivity index (χ2n) is 6.53. The molecule has 0 unspecified atom stereocenters. The van der Waals surface area contributed by atoms with Crippen LogP contribution in [0.2, 0.25) is 0 Å². The third-order valence-electron chi connectivity index (χ3n) is 4.49. The maximum atomic E-state index is 13.0. The third-order valence-corrected chi connectivity index (χ3v) is 4.49. The molecule has 1 aliphatic heterocycles. The highest BCUT2D eigenvalue weighted by atomic mass is 16.5. The summed E-state index contributed by atoms with van der Waals surface area (Å²) in [4.78, 5) is 27.3. The molecule has 0 saturated carbocycles. The second kappa shape index (κ2) is 6.77. The summed E-state index contributed by atoms with van der Waals surface area (Å²) in [6.07, 6.45) is -0.351. The Kier molecular flexibility index (Phi) is 4.66. The van der Waals surface area contributed by atoms with Crippen LogP contribution in [0.5, 0.6) is 5.75 Å². The van der Waals surface area contributed by atoms with Crippen LogP contribution in [0.1, 0.15) is 29.3 Å². The van der Waals surface area contributed by atoms with Gasteiger partial charge in [-0.25, -0.2) is 0 Å². The first kappa shape index (κ1) is 17.9. The van der Waals surface area contributed by atoms with Crippen molar-refractivity contribution in [3.63, 3.8) is 0 Å². The van der Waals surface area contributed by atoms with Crippen molar-refractivity contribution in [1.82, 2.24) is 0 Å². The van der Waals surface area contributed by atoms with E-state index in [-0.39, 0.29) is 12.2 Å². The molecule has 0 bridgehead atoms. The van der Waals surface area contributed by atoms with Crippen molar-refractivity contribution in [3.8, 4) is 5.75 Å². The van der Waals surface area contributed by atoms with Gasteiger partial charge in [0, 0.05) is 12.1 Å². The highest BCUT2D eigenvalue weighted by Gasteiger charge is 2.50. The molecular weight excluding hydrogens is 330 g/mol. The summed E-state index contributed by atoms with van der Waals surface area (Å²) in [5, 5.41) is 11.2. The molecule has 1 atom stereocenters. The average molecular weight is 351 g/mol. The molecule has 2 aromatic rings. The largest absolute Gasteiger partial charge is 0.496 e. The number of amides is 1. The van der Waals surface area contributed by atoms with Gasteiger partial charge in [0.2, 0.25) is 0 Å². The van der Waals surface area contributed by atoms with Crippen molar-refractivity contribution < 1.29 is 19.4 Å². The normalized spacial score (nSPS) is 18.6. The Morgan fingerprint density at radius 1 is 1.19 bits per heavy atom. The molecule has 0 radical (unpaired) electrons. The Morgan fingerprint density at radius 3 is 2.54 bits per heavy atom. The van der Waals surface area contributed by atoms with Crippen LogP contribution in [0.25, 0.3) is 0 Å². The van der Waals surface area contributed by atoms with Gasteiger partial charge < -0.3 is 14.7 Å². The number of anilines is 1. The first-order valence-corrected chi connectivity index (χ1v) is 8.33. The lowest BCUT2D eigenvalue weighted by molar-refractivity contribution is -0.135. The number of benzene rings is 2. The number of aliphatic hydroxyl groups is 1. The van der Waals surface area contributed by atoms with Gasteiger partial charge >= 0.3 is 0 Å². The van der Waals surface area contributed by atoms with Gasteiger partial charge in [0.1, 0.15) is 5.75 Å². The van der Waals surface area contributed by atoms with E-state index < -0.39 is 11.5 Å². The van der Waals surface area contributed by atoms with E-state index >= 15 is 0 Å². The summed E-state index contributed by atoms with van der Waals surface area (Å²) in [5.74, 6) is -0.450. The van der Waals surface area contributed by atoms with E-state index in [4.69, 9.17) is 4.74 Å². The number of rotatable bonds is 6. The fraction of sp³-hybridized carbons (Fsp3) is 0.238. The first-order valence-electron chi connectivity index (χ1n) is 8.33. The predicted molar refractivity (Wildman–Crippen MR) is 99.4 cm³/mol. The molecule has 1 heterocycles. The molecule has 5 nitrogen and oxygen atoms in total. The fourth-order valence-corrected chi connectivity index (χ4v) is 3.31. The van der Waals surface area contributed by atoms with Gasteiger partial charge in [-0.15, -0.1) is 0 Å². The Labute approximate surface area is 152 Å². The third kappa shape index (κ3) is 2.91.